The molecule has 0 aliphatic carbocycles. The van der Waals surface area contributed by atoms with Crippen LogP contribution in [0.15, 0.2) is 24.3 Å². The van der Waals surface area contributed by atoms with Crippen LogP contribution in [0.2, 0.25) is 0 Å². The lowest BCUT2D eigenvalue weighted by Gasteiger charge is -2.23. The van der Waals surface area contributed by atoms with Crippen molar-refractivity contribution in [3.63, 3.8) is 0 Å². The molecule has 0 spiro atoms. The van der Waals surface area contributed by atoms with E-state index >= 15 is 0 Å². The molecule has 2 amide bonds. The fourth-order valence-electron chi connectivity index (χ4n) is 3.00. The maximum Gasteiger partial charge on any atom is 0.288 e. The van der Waals surface area contributed by atoms with Gasteiger partial charge in [-0.05, 0) is 24.1 Å². The molecule has 2 aliphatic rings. The minimum atomic E-state index is -3.03. The van der Waals surface area contributed by atoms with E-state index in [0.29, 0.717) is 18.5 Å². The van der Waals surface area contributed by atoms with E-state index < -0.39 is 25.0 Å². The van der Waals surface area contributed by atoms with Crippen molar-refractivity contribution < 1.29 is 23.1 Å². The summed E-state index contributed by atoms with van der Waals surface area (Å²) in [4.78, 5) is 27.0. The summed E-state index contributed by atoms with van der Waals surface area (Å²) in [6.45, 7) is 0.246. The number of hydrogen-bond donors (Lipinski definition) is 0. The first-order valence-corrected chi connectivity index (χ1v) is 8.06. The van der Waals surface area contributed by atoms with Gasteiger partial charge in [0.05, 0.1) is 13.2 Å². The molecule has 130 valence electrons. The number of ether oxygens (including phenoxy) is 1. The van der Waals surface area contributed by atoms with Gasteiger partial charge in [-0.15, -0.1) is 0 Å². The van der Waals surface area contributed by atoms with Crippen LogP contribution in [-0.2, 0) is 16.1 Å². The zero-order valence-corrected chi connectivity index (χ0v) is 13.3. The summed E-state index contributed by atoms with van der Waals surface area (Å²) in [6, 6.07) is 6.79. The van der Waals surface area contributed by atoms with Gasteiger partial charge in [0.2, 0.25) is 5.91 Å². The number of alkyl halides is 2. The van der Waals surface area contributed by atoms with Crippen LogP contribution < -0.4 is 0 Å². The summed E-state index contributed by atoms with van der Waals surface area (Å²) >= 11 is 0. The third kappa shape index (κ3) is 3.90. The first kappa shape index (κ1) is 16.8. The molecule has 2 fully saturated rings. The Morgan fingerprint density at radius 2 is 1.96 bits per heavy atom. The van der Waals surface area contributed by atoms with Crippen LogP contribution in [0.3, 0.4) is 0 Å². The summed E-state index contributed by atoms with van der Waals surface area (Å²) in [5.41, 5.74) is 1.29. The van der Waals surface area contributed by atoms with E-state index in [-0.39, 0.29) is 19.1 Å². The van der Waals surface area contributed by atoms with Crippen LogP contribution in [0, 0.1) is 0 Å². The maximum absolute atomic E-state index is 13.6. The molecule has 2 saturated heterocycles. The van der Waals surface area contributed by atoms with Crippen molar-refractivity contribution in [2.24, 2.45) is 0 Å². The molecule has 2 heterocycles. The van der Waals surface area contributed by atoms with Crippen molar-refractivity contribution in [3.8, 4) is 0 Å². The minimum Gasteiger partial charge on any atom is -0.373 e. The van der Waals surface area contributed by atoms with Crippen LogP contribution in [-0.4, -0.2) is 60.4 Å². The third-order valence-electron chi connectivity index (χ3n) is 4.27. The van der Waals surface area contributed by atoms with Crippen molar-refractivity contribution in [3.05, 3.63) is 35.4 Å². The Morgan fingerprint density at radius 3 is 2.62 bits per heavy atom. The standard InChI is InChI=1S/C17H20F2N2O3/c18-17(19)11-21(8-9-24-12-17)16(23)14-5-3-13(4-6-14)10-20-7-1-2-15(20)22/h3-6H,1-2,7-12H2. The summed E-state index contributed by atoms with van der Waals surface area (Å²) in [5, 5.41) is 0. The Kier molecular flexibility index (Phi) is 4.80. The highest BCUT2D eigenvalue weighted by Crippen LogP contribution is 2.21. The van der Waals surface area contributed by atoms with E-state index in [1.54, 1.807) is 29.2 Å². The van der Waals surface area contributed by atoms with Gasteiger partial charge in [-0.25, -0.2) is 8.78 Å². The fourth-order valence-corrected chi connectivity index (χ4v) is 3.00. The SMILES string of the molecule is O=C1CCCN1Cc1ccc(C(=O)N2CCOCC(F)(F)C2)cc1. The smallest absolute Gasteiger partial charge is 0.288 e. The van der Waals surface area contributed by atoms with E-state index in [4.69, 9.17) is 4.74 Å². The second-order valence-corrected chi connectivity index (χ2v) is 6.25. The van der Waals surface area contributed by atoms with Crippen molar-refractivity contribution >= 4 is 11.8 Å². The monoisotopic (exact) mass is 338 g/mol. The highest BCUT2D eigenvalue weighted by molar-refractivity contribution is 5.94. The molecule has 24 heavy (non-hydrogen) atoms. The molecule has 7 heteroatoms. The third-order valence-corrected chi connectivity index (χ3v) is 4.27. The van der Waals surface area contributed by atoms with Gasteiger partial charge in [-0.1, -0.05) is 12.1 Å². The zero-order chi connectivity index (χ0) is 17.2. The van der Waals surface area contributed by atoms with Gasteiger partial charge in [-0.3, -0.25) is 9.59 Å². The lowest BCUT2D eigenvalue weighted by molar-refractivity contribution is -0.128. The highest BCUT2D eigenvalue weighted by atomic mass is 19.3. The second-order valence-electron chi connectivity index (χ2n) is 6.25. The van der Waals surface area contributed by atoms with Crippen LogP contribution in [0.4, 0.5) is 8.78 Å². The van der Waals surface area contributed by atoms with Crippen LogP contribution in [0.5, 0.6) is 0 Å². The first-order valence-electron chi connectivity index (χ1n) is 8.06. The van der Waals surface area contributed by atoms with Crippen molar-refractivity contribution in [2.75, 3.05) is 32.8 Å². The summed E-state index contributed by atoms with van der Waals surface area (Å²) in [6.07, 6.45) is 1.46. The molecule has 1 aromatic carbocycles. The number of rotatable bonds is 3. The van der Waals surface area contributed by atoms with Crippen LogP contribution >= 0.6 is 0 Å². The molecule has 3 rings (SSSR count). The minimum absolute atomic E-state index is 0.108. The van der Waals surface area contributed by atoms with Gasteiger partial charge in [0.1, 0.15) is 6.61 Å². The molecule has 0 aromatic heterocycles. The van der Waals surface area contributed by atoms with Gasteiger partial charge in [-0.2, -0.15) is 0 Å². The Balaban J connectivity index is 1.66. The lowest BCUT2D eigenvalue weighted by Crippen LogP contribution is -2.41. The number of benzene rings is 1. The molecule has 1 aromatic rings. The Bertz CT molecular complexity index is 619. The lowest BCUT2D eigenvalue weighted by atomic mass is 10.1. The fraction of sp³-hybridized carbons (Fsp3) is 0.529. The zero-order valence-electron chi connectivity index (χ0n) is 13.3. The normalized spacial score (nSPS) is 21.0. The van der Waals surface area contributed by atoms with Crippen molar-refractivity contribution in [1.29, 1.82) is 0 Å². The molecule has 0 atom stereocenters. The van der Waals surface area contributed by atoms with E-state index in [9.17, 15) is 18.4 Å². The number of amides is 2. The Hall–Kier alpha value is -2.02. The molecule has 0 N–H and O–H groups in total. The molecule has 0 saturated carbocycles. The Labute approximate surface area is 139 Å². The number of nitrogens with zero attached hydrogens (tertiary/aromatic N) is 2. The topological polar surface area (TPSA) is 49.9 Å². The van der Waals surface area contributed by atoms with Crippen molar-refractivity contribution in [1.82, 2.24) is 9.80 Å². The van der Waals surface area contributed by atoms with E-state index in [2.05, 4.69) is 0 Å². The molecular weight excluding hydrogens is 318 g/mol. The number of carbonyl (C=O) groups is 2. The molecule has 2 aliphatic heterocycles. The maximum atomic E-state index is 13.6. The van der Waals surface area contributed by atoms with Gasteiger partial charge < -0.3 is 14.5 Å². The number of hydrogen-bond acceptors (Lipinski definition) is 3. The summed E-state index contributed by atoms with van der Waals surface area (Å²) in [5.74, 6) is -3.31. The van der Waals surface area contributed by atoms with Gasteiger partial charge in [0, 0.05) is 31.6 Å². The molecule has 5 nitrogen and oxygen atoms in total. The quantitative estimate of drug-likeness (QED) is 0.846. The molecule has 0 unspecified atom stereocenters. The largest absolute Gasteiger partial charge is 0.373 e. The van der Waals surface area contributed by atoms with Gasteiger partial charge in [0.15, 0.2) is 0 Å². The van der Waals surface area contributed by atoms with Gasteiger partial charge in [0.25, 0.3) is 11.8 Å². The first-order chi connectivity index (χ1) is 11.4. The summed E-state index contributed by atoms with van der Waals surface area (Å²) in [7, 11) is 0. The number of carbonyl (C=O) groups excluding carboxylic acids is 2. The van der Waals surface area contributed by atoms with E-state index in [0.717, 1.165) is 23.4 Å². The molecular formula is C17H20F2N2O3. The molecule has 0 bridgehead atoms. The van der Waals surface area contributed by atoms with E-state index in [1.807, 2.05) is 0 Å². The second kappa shape index (κ2) is 6.84. The predicted molar refractivity (Wildman–Crippen MR) is 82.8 cm³/mol. The summed E-state index contributed by atoms with van der Waals surface area (Å²) < 4.78 is 32.0. The van der Waals surface area contributed by atoms with Crippen molar-refractivity contribution in [2.45, 2.75) is 25.3 Å². The average molecular weight is 338 g/mol. The number of likely N-dealkylation sites (tertiary alicyclic amines) is 1. The van der Waals surface area contributed by atoms with Crippen LogP contribution in [0.1, 0.15) is 28.8 Å². The van der Waals surface area contributed by atoms with E-state index in [1.165, 1.54) is 0 Å². The Morgan fingerprint density at radius 1 is 1.21 bits per heavy atom. The average Bonchev–Trinajstić information content (AvgIpc) is 2.85. The highest BCUT2D eigenvalue weighted by Gasteiger charge is 2.36. The van der Waals surface area contributed by atoms with Crippen LogP contribution in [0.25, 0.3) is 0 Å². The molecule has 0 radical (unpaired) electrons. The predicted octanol–water partition coefficient (Wildman–Crippen LogP) is 1.92. The van der Waals surface area contributed by atoms with Gasteiger partial charge >= 0.3 is 0 Å². The number of halogens is 2.